The van der Waals surface area contributed by atoms with Gasteiger partial charge in [-0.15, -0.1) is 0 Å². The zero-order valence-corrected chi connectivity index (χ0v) is 11.5. The van der Waals surface area contributed by atoms with E-state index in [2.05, 4.69) is 44.5 Å². The summed E-state index contributed by atoms with van der Waals surface area (Å²) in [5.74, 6) is 0. The molecule has 0 amide bonds. The molecule has 0 aromatic heterocycles. The highest BCUT2D eigenvalue weighted by Crippen LogP contribution is 2.25. The number of aliphatic hydroxyl groups is 1. The molecule has 0 radical (unpaired) electrons. The average Bonchev–Trinajstić information content (AvgIpc) is 2.24. The van der Waals surface area contributed by atoms with Crippen LogP contribution < -0.4 is 0 Å². The van der Waals surface area contributed by atoms with Crippen molar-refractivity contribution < 1.29 is 5.11 Å². The predicted octanol–water partition coefficient (Wildman–Crippen LogP) is 1.42. The second-order valence-electron chi connectivity index (χ2n) is 6.27. The minimum absolute atomic E-state index is 0.293. The first-order valence-corrected chi connectivity index (χ1v) is 6.41. The SMILES string of the molecule is CC(C)N1CC(CCO)N(C)CC(C)(C)C1. The molecule has 1 fully saturated rings. The van der Waals surface area contributed by atoms with Crippen molar-refractivity contribution in [2.24, 2.45) is 5.41 Å². The molecular weight excluding hydrogens is 200 g/mol. The van der Waals surface area contributed by atoms with Crippen molar-refractivity contribution in [3.63, 3.8) is 0 Å². The van der Waals surface area contributed by atoms with Crippen LogP contribution in [0.25, 0.3) is 0 Å². The third-order valence-corrected chi connectivity index (χ3v) is 3.57. The standard InChI is InChI=1S/C13H28N2O/c1-11(2)15-8-12(6-7-16)14(5)9-13(3,4)10-15/h11-12,16H,6-10H2,1-5H3. The first-order valence-electron chi connectivity index (χ1n) is 6.41. The second kappa shape index (κ2) is 5.48. The fraction of sp³-hybridized carbons (Fsp3) is 1.00. The highest BCUT2D eigenvalue weighted by molar-refractivity contribution is 4.87. The molecule has 0 spiro atoms. The quantitative estimate of drug-likeness (QED) is 0.791. The van der Waals surface area contributed by atoms with Crippen LogP contribution in [-0.2, 0) is 0 Å². The maximum absolute atomic E-state index is 9.14. The molecule has 3 nitrogen and oxygen atoms in total. The zero-order chi connectivity index (χ0) is 12.3. The average molecular weight is 228 g/mol. The van der Waals surface area contributed by atoms with Crippen LogP contribution >= 0.6 is 0 Å². The molecule has 96 valence electrons. The Morgan fingerprint density at radius 2 is 1.94 bits per heavy atom. The third kappa shape index (κ3) is 3.72. The summed E-state index contributed by atoms with van der Waals surface area (Å²) in [7, 11) is 2.19. The number of aliphatic hydroxyl groups excluding tert-OH is 1. The number of likely N-dealkylation sites (N-methyl/N-ethyl adjacent to an activating group) is 1. The fourth-order valence-electron chi connectivity index (χ4n) is 2.73. The van der Waals surface area contributed by atoms with Gasteiger partial charge in [0, 0.05) is 38.3 Å². The highest BCUT2D eigenvalue weighted by atomic mass is 16.3. The normalized spacial score (nSPS) is 28.3. The molecule has 1 heterocycles. The van der Waals surface area contributed by atoms with Crippen molar-refractivity contribution in [3.8, 4) is 0 Å². The van der Waals surface area contributed by atoms with E-state index >= 15 is 0 Å². The summed E-state index contributed by atoms with van der Waals surface area (Å²) >= 11 is 0. The Hall–Kier alpha value is -0.120. The molecule has 1 N–H and O–H groups in total. The molecule has 0 bridgehead atoms. The van der Waals surface area contributed by atoms with E-state index in [1.165, 1.54) is 0 Å². The van der Waals surface area contributed by atoms with Crippen LogP contribution in [0.4, 0.5) is 0 Å². The van der Waals surface area contributed by atoms with Crippen LogP contribution in [0.5, 0.6) is 0 Å². The third-order valence-electron chi connectivity index (χ3n) is 3.57. The molecule has 3 heteroatoms. The summed E-state index contributed by atoms with van der Waals surface area (Å²) in [5, 5.41) is 9.14. The Kier molecular flexibility index (Phi) is 4.77. The van der Waals surface area contributed by atoms with Gasteiger partial charge in [-0.05, 0) is 32.7 Å². The van der Waals surface area contributed by atoms with Gasteiger partial charge in [0.1, 0.15) is 0 Å². The number of nitrogens with zero attached hydrogens (tertiary/aromatic N) is 2. The lowest BCUT2D eigenvalue weighted by Crippen LogP contribution is -2.42. The van der Waals surface area contributed by atoms with Crippen LogP contribution in [0.3, 0.4) is 0 Å². The molecule has 0 aromatic carbocycles. The topological polar surface area (TPSA) is 26.7 Å². The van der Waals surface area contributed by atoms with Gasteiger partial charge < -0.3 is 10.0 Å². The Bertz CT molecular complexity index is 216. The van der Waals surface area contributed by atoms with Crippen molar-refractivity contribution in [1.82, 2.24) is 9.80 Å². The molecule has 0 saturated carbocycles. The Labute approximate surface area is 100 Å². The highest BCUT2D eigenvalue weighted by Gasteiger charge is 2.32. The van der Waals surface area contributed by atoms with Crippen molar-refractivity contribution in [1.29, 1.82) is 0 Å². The lowest BCUT2D eigenvalue weighted by molar-refractivity contribution is 0.150. The first-order chi connectivity index (χ1) is 7.35. The summed E-state index contributed by atoms with van der Waals surface area (Å²) in [5.41, 5.74) is 0.337. The summed E-state index contributed by atoms with van der Waals surface area (Å²) in [6.07, 6.45) is 0.885. The summed E-state index contributed by atoms with van der Waals surface area (Å²) in [6.45, 7) is 12.8. The predicted molar refractivity (Wildman–Crippen MR) is 68.6 cm³/mol. The Morgan fingerprint density at radius 3 is 2.44 bits per heavy atom. The van der Waals surface area contributed by atoms with Gasteiger partial charge >= 0.3 is 0 Å². The van der Waals surface area contributed by atoms with Gasteiger partial charge in [-0.3, -0.25) is 4.90 Å². The van der Waals surface area contributed by atoms with Gasteiger partial charge in [-0.1, -0.05) is 13.8 Å². The Balaban J connectivity index is 2.76. The van der Waals surface area contributed by atoms with Crippen LogP contribution in [0.1, 0.15) is 34.1 Å². The van der Waals surface area contributed by atoms with E-state index in [-0.39, 0.29) is 0 Å². The molecular formula is C13H28N2O. The number of rotatable bonds is 3. The minimum atomic E-state index is 0.293. The van der Waals surface area contributed by atoms with E-state index in [0.29, 0.717) is 24.1 Å². The van der Waals surface area contributed by atoms with E-state index in [1.807, 2.05) is 0 Å². The summed E-state index contributed by atoms with van der Waals surface area (Å²) < 4.78 is 0. The van der Waals surface area contributed by atoms with E-state index < -0.39 is 0 Å². The van der Waals surface area contributed by atoms with Gasteiger partial charge in [0.2, 0.25) is 0 Å². The molecule has 1 aliphatic rings. The zero-order valence-electron chi connectivity index (χ0n) is 11.5. The van der Waals surface area contributed by atoms with Gasteiger partial charge in [0.15, 0.2) is 0 Å². The van der Waals surface area contributed by atoms with Gasteiger partial charge in [-0.2, -0.15) is 0 Å². The van der Waals surface area contributed by atoms with Crippen LogP contribution in [-0.4, -0.2) is 60.3 Å². The number of hydrogen-bond donors (Lipinski definition) is 1. The summed E-state index contributed by atoms with van der Waals surface area (Å²) in [6, 6.07) is 1.08. The van der Waals surface area contributed by atoms with Crippen molar-refractivity contribution in [3.05, 3.63) is 0 Å². The molecule has 1 aliphatic heterocycles. The van der Waals surface area contributed by atoms with E-state index in [1.54, 1.807) is 0 Å². The van der Waals surface area contributed by atoms with Gasteiger partial charge in [-0.25, -0.2) is 0 Å². The van der Waals surface area contributed by atoms with Crippen molar-refractivity contribution in [2.45, 2.75) is 46.2 Å². The lowest BCUT2D eigenvalue weighted by atomic mass is 9.92. The van der Waals surface area contributed by atoms with Crippen LogP contribution in [0, 0.1) is 5.41 Å². The fourth-order valence-corrected chi connectivity index (χ4v) is 2.73. The molecule has 1 atom stereocenters. The lowest BCUT2D eigenvalue weighted by Gasteiger charge is -2.32. The van der Waals surface area contributed by atoms with Gasteiger partial charge in [0.25, 0.3) is 0 Å². The Morgan fingerprint density at radius 1 is 1.31 bits per heavy atom. The van der Waals surface area contributed by atoms with E-state index in [0.717, 1.165) is 26.1 Å². The van der Waals surface area contributed by atoms with E-state index in [4.69, 9.17) is 5.11 Å². The van der Waals surface area contributed by atoms with Crippen molar-refractivity contribution in [2.75, 3.05) is 33.3 Å². The van der Waals surface area contributed by atoms with E-state index in [9.17, 15) is 0 Å². The van der Waals surface area contributed by atoms with Crippen LogP contribution in [0.2, 0.25) is 0 Å². The largest absolute Gasteiger partial charge is 0.396 e. The van der Waals surface area contributed by atoms with Gasteiger partial charge in [0.05, 0.1) is 0 Å². The molecule has 1 rings (SSSR count). The molecule has 16 heavy (non-hydrogen) atoms. The molecule has 0 aliphatic carbocycles. The maximum atomic E-state index is 9.14. The molecule has 0 aromatic rings. The number of hydrogen-bond acceptors (Lipinski definition) is 3. The monoisotopic (exact) mass is 228 g/mol. The van der Waals surface area contributed by atoms with Crippen molar-refractivity contribution >= 4 is 0 Å². The smallest absolute Gasteiger partial charge is 0.0446 e. The first kappa shape index (κ1) is 13.9. The minimum Gasteiger partial charge on any atom is -0.396 e. The molecule has 1 saturated heterocycles. The molecule has 1 unspecified atom stereocenters. The van der Waals surface area contributed by atoms with Crippen LogP contribution in [0.15, 0.2) is 0 Å². The second-order valence-corrected chi connectivity index (χ2v) is 6.27. The summed E-state index contributed by atoms with van der Waals surface area (Å²) in [4.78, 5) is 4.96. The maximum Gasteiger partial charge on any atom is 0.0446 e.